The molecule has 0 bridgehead atoms. The highest BCUT2D eigenvalue weighted by Crippen LogP contribution is 2.21. The minimum absolute atomic E-state index is 0.200. The van der Waals surface area contributed by atoms with E-state index in [0.717, 1.165) is 10.5 Å². The highest BCUT2D eigenvalue weighted by atomic mass is 16.6. The molecule has 0 aliphatic carbocycles. The summed E-state index contributed by atoms with van der Waals surface area (Å²) < 4.78 is 4.99. The van der Waals surface area contributed by atoms with Gasteiger partial charge >= 0.3 is 6.09 Å². The van der Waals surface area contributed by atoms with Gasteiger partial charge in [0.25, 0.3) is 0 Å². The van der Waals surface area contributed by atoms with Crippen LogP contribution in [0.15, 0.2) is 30.3 Å². The Hall–Kier alpha value is -1.88. The number of rotatable bonds is 4. The van der Waals surface area contributed by atoms with Crippen LogP contribution in [0, 0.1) is 5.92 Å². The van der Waals surface area contributed by atoms with Gasteiger partial charge in [0.2, 0.25) is 5.91 Å². The molecule has 1 aromatic rings. The van der Waals surface area contributed by atoms with E-state index >= 15 is 0 Å². The first-order valence-electron chi connectivity index (χ1n) is 6.72. The van der Waals surface area contributed by atoms with Gasteiger partial charge < -0.3 is 9.84 Å². The summed E-state index contributed by atoms with van der Waals surface area (Å²) in [6.07, 6.45) is -0.859. The summed E-state index contributed by atoms with van der Waals surface area (Å²) >= 11 is 0. The van der Waals surface area contributed by atoms with E-state index in [1.165, 1.54) is 6.92 Å². The molecule has 5 heteroatoms. The average Bonchev–Trinajstić information content (AvgIpc) is 2.79. The smallest absolute Gasteiger partial charge is 0.416 e. The summed E-state index contributed by atoms with van der Waals surface area (Å²) in [4.78, 5) is 25.2. The van der Waals surface area contributed by atoms with Crippen molar-refractivity contribution in [3.8, 4) is 0 Å². The Morgan fingerprint density at radius 1 is 1.40 bits per heavy atom. The van der Waals surface area contributed by atoms with Crippen molar-refractivity contribution >= 4 is 12.0 Å². The van der Waals surface area contributed by atoms with Gasteiger partial charge in [-0.1, -0.05) is 37.3 Å². The van der Waals surface area contributed by atoms with Crippen molar-refractivity contribution in [3.05, 3.63) is 35.9 Å². The fourth-order valence-corrected chi connectivity index (χ4v) is 2.19. The van der Waals surface area contributed by atoms with Crippen molar-refractivity contribution in [1.82, 2.24) is 4.90 Å². The molecule has 5 nitrogen and oxygen atoms in total. The van der Waals surface area contributed by atoms with Crippen LogP contribution in [0.3, 0.4) is 0 Å². The zero-order valence-electron chi connectivity index (χ0n) is 11.7. The first kappa shape index (κ1) is 14.5. The molecule has 1 fully saturated rings. The molecule has 108 valence electrons. The van der Waals surface area contributed by atoms with E-state index in [-0.39, 0.29) is 18.6 Å². The van der Waals surface area contributed by atoms with Crippen LogP contribution in [-0.2, 0) is 16.0 Å². The molecule has 1 aromatic carbocycles. The van der Waals surface area contributed by atoms with Gasteiger partial charge in [-0.25, -0.2) is 9.69 Å². The molecule has 20 heavy (non-hydrogen) atoms. The fraction of sp³-hybridized carbons (Fsp3) is 0.467. The summed E-state index contributed by atoms with van der Waals surface area (Å²) in [5, 5.41) is 9.51. The zero-order chi connectivity index (χ0) is 14.7. The summed E-state index contributed by atoms with van der Waals surface area (Å²) in [6.45, 7) is 3.35. The minimum atomic E-state index is -0.798. The lowest BCUT2D eigenvalue weighted by Crippen LogP contribution is -2.45. The molecule has 1 aliphatic rings. The van der Waals surface area contributed by atoms with E-state index in [0.29, 0.717) is 6.42 Å². The van der Waals surface area contributed by atoms with E-state index in [9.17, 15) is 14.7 Å². The van der Waals surface area contributed by atoms with Crippen molar-refractivity contribution in [3.63, 3.8) is 0 Å². The number of carbonyl (C=O) groups is 2. The van der Waals surface area contributed by atoms with Crippen molar-refractivity contribution in [2.45, 2.75) is 32.4 Å². The molecule has 0 radical (unpaired) electrons. The van der Waals surface area contributed by atoms with Crippen LogP contribution < -0.4 is 0 Å². The van der Waals surface area contributed by atoms with Crippen LogP contribution in [0.25, 0.3) is 0 Å². The van der Waals surface area contributed by atoms with Crippen LogP contribution in [0.4, 0.5) is 4.79 Å². The van der Waals surface area contributed by atoms with Gasteiger partial charge in [0, 0.05) is 0 Å². The second-order valence-electron chi connectivity index (χ2n) is 5.16. The van der Waals surface area contributed by atoms with Gasteiger partial charge in [-0.15, -0.1) is 0 Å². The highest BCUT2D eigenvalue weighted by molar-refractivity contribution is 5.94. The van der Waals surface area contributed by atoms with Gasteiger partial charge in [-0.3, -0.25) is 4.79 Å². The normalized spacial score (nSPS) is 21.4. The molecule has 0 spiro atoms. The van der Waals surface area contributed by atoms with Crippen LogP contribution in [0.2, 0.25) is 0 Å². The average molecular weight is 277 g/mol. The van der Waals surface area contributed by atoms with Crippen molar-refractivity contribution < 1.29 is 19.4 Å². The lowest BCUT2D eigenvalue weighted by atomic mass is 10.0. The molecular weight excluding hydrogens is 258 g/mol. The van der Waals surface area contributed by atoms with Gasteiger partial charge in [0.05, 0.1) is 18.1 Å². The number of imide groups is 1. The molecule has 1 unspecified atom stereocenters. The molecule has 2 amide bonds. The predicted molar refractivity (Wildman–Crippen MR) is 73.0 cm³/mol. The first-order chi connectivity index (χ1) is 9.50. The Morgan fingerprint density at radius 2 is 2.05 bits per heavy atom. The maximum Gasteiger partial charge on any atom is 0.416 e. The molecule has 2 rings (SSSR count). The number of hydrogen-bond donors (Lipinski definition) is 1. The predicted octanol–water partition coefficient (Wildman–Crippen LogP) is 1.59. The second-order valence-corrected chi connectivity index (χ2v) is 5.16. The lowest BCUT2D eigenvalue weighted by molar-refractivity contribution is -0.135. The van der Waals surface area contributed by atoms with Crippen molar-refractivity contribution in [2.75, 3.05) is 6.61 Å². The Bertz CT molecular complexity index is 486. The molecule has 1 saturated heterocycles. The molecule has 0 aromatic heterocycles. The molecule has 1 aliphatic heterocycles. The van der Waals surface area contributed by atoms with Gasteiger partial charge in [-0.05, 0) is 18.9 Å². The summed E-state index contributed by atoms with van der Waals surface area (Å²) in [6, 6.07) is 9.33. The fourth-order valence-electron chi connectivity index (χ4n) is 2.19. The number of carbonyl (C=O) groups excluding carboxylic acids is 2. The molecule has 1 heterocycles. The quantitative estimate of drug-likeness (QED) is 0.907. The monoisotopic (exact) mass is 277 g/mol. The summed E-state index contributed by atoms with van der Waals surface area (Å²) in [5.74, 6) is -1.01. The Morgan fingerprint density at radius 3 is 2.65 bits per heavy atom. The van der Waals surface area contributed by atoms with Crippen LogP contribution in [0.1, 0.15) is 19.4 Å². The topological polar surface area (TPSA) is 66.8 Å². The summed E-state index contributed by atoms with van der Waals surface area (Å²) in [7, 11) is 0. The SMILES string of the molecule is C[C@H](C(=O)N1C(=O)OCC1Cc1ccccc1)[C@@H](C)O. The van der Waals surface area contributed by atoms with Gasteiger partial charge in [0.1, 0.15) is 6.61 Å². The highest BCUT2D eigenvalue weighted by Gasteiger charge is 2.40. The van der Waals surface area contributed by atoms with E-state index < -0.39 is 18.1 Å². The molecule has 1 N–H and O–H groups in total. The van der Waals surface area contributed by atoms with Crippen LogP contribution in [-0.4, -0.2) is 40.8 Å². The minimum Gasteiger partial charge on any atom is -0.447 e. The Labute approximate surface area is 118 Å². The maximum atomic E-state index is 12.3. The maximum absolute atomic E-state index is 12.3. The van der Waals surface area contributed by atoms with Crippen molar-refractivity contribution in [1.29, 1.82) is 0 Å². The van der Waals surface area contributed by atoms with Crippen molar-refractivity contribution in [2.24, 2.45) is 5.92 Å². The third kappa shape index (κ3) is 2.99. The number of cyclic esters (lactones) is 1. The third-order valence-electron chi connectivity index (χ3n) is 3.63. The number of nitrogens with zero attached hydrogens (tertiary/aromatic N) is 1. The Kier molecular flexibility index (Phi) is 4.39. The molecule has 3 atom stereocenters. The number of benzene rings is 1. The Balaban J connectivity index is 2.13. The lowest BCUT2D eigenvalue weighted by Gasteiger charge is -2.24. The van der Waals surface area contributed by atoms with E-state index in [1.54, 1.807) is 6.92 Å². The number of aliphatic hydroxyl groups excluding tert-OH is 1. The molecule has 0 saturated carbocycles. The number of ether oxygens (including phenoxy) is 1. The first-order valence-corrected chi connectivity index (χ1v) is 6.72. The number of hydrogen-bond acceptors (Lipinski definition) is 4. The van der Waals surface area contributed by atoms with Gasteiger partial charge in [-0.2, -0.15) is 0 Å². The standard InChI is InChI=1S/C15H19NO4/c1-10(11(2)17)14(18)16-13(9-20-15(16)19)8-12-6-4-3-5-7-12/h3-7,10-11,13,17H,8-9H2,1-2H3/t10-,11+,13?/m0/s1. The van der Waals surface area contributed by atoms with E-state index in [2.05, 4.69) is 0 Å². The van der Waals surface area contributed by atoms with E-state index in [1.807, 2.05) is 30.3 Å². The van der Waals surface area contributed by atoms with Crippen LogP contribution >= 0.6 is 0 Å². The third-order valence-corrected chi connectivity index (χ3v) is 3.63. The zero-order valence-corrected chi connectivity index (χ0v) is 11.7. The van der Waals surface area contributed by atoms with Gasteiger partial charge in [0.15, 0.2) is 0 Å². The number of aliphatic hydroxyl groups is 1. The van der Waals surface area contributed by atoms with Crippen LogP contribution in [0.5, 0.6) is 0 Å². The molecular formula is C15H19NO4. The largest absolute Gasteiger partial charge is 0.447 e. The second kappa shape index (κ2) is 6.05. The number of amides is 2. The summed E-state index contributed by atoms with van der Waals surface area (Å²) in [5.41, 5.74) is 1.04. The van der Waals surface area contributed by atoms with E-state index in [4.69, 9.17) is 4.74 Å².